The van der Waals surface area contributed by atoms with E-state index in [-0.39, 0.29) is 22.3 Å². The molecule has 0 unspecified atom stereocenters. The van der Waals surface area contributed by atoms with E-state index in [0.29, 0.717) is 0 Å². The molecule has 0 aliphatic heterocycles. The van der Waals surface area contributed by atoms with Gasteiger partial charge in [-0.1, -0.05) is 23.7 Å². The summed E-state index contributed by atoms with van der Waals surface area (Å²) in [6.45, 7) is 0. The van der Waals surface area contributed by atoms with Gasteiger partial charge in [0.15, 0.2) is 0 Å². The minimum atomic E-state index is -0.512. The van der Waals surface area contributed by atoms with Crippen LogP contribution in [0.1, 0.15) is 0 Å². The van der Waals surface area contributed by atoms with Gasteiger partial charge >= 0.3 is 0 Å². The first kappa shape index (κ1) is 13.4. The maximum Gasteiger partial charge on any atom is 0.287 e. The molecule has 5 N–H and O–H groups in total. The van der Waals surface area contributed by atoms with Crippen molar-refractivity contribution >= 4 is 17.3 Å². The molecule has 0 radical (unpaired) electrons. The Morgan fingerprint density at radius 1 is 1.33 bits per heavy atom. The Morgan fingerprint density at radius 3 is 2.17 bits per heavy atom. The van der Waals surface area contributed by atoms with Crippen LogP contribution in [0.2, 0.25) is 5.02 Å². The number of nitro groups is 1. The van der Waals surface area contributed by atoms with Gasteiger partial charge in [0, 0.05) is 6.07 Å². The number of nitrogens with zero attached hydrogens (tertiary/aromatic N) is 1. The summed E-state index contributed by atoms with van der Waals surface area (Å²) in [6.07, 6.45) is 0. The van der Waals surface area contributed by atoms with Crippen LogP contribution in [0.5, 0.6) is 0 Å². The molecule has 0 saturated carbocycles. The maximum atomic E-state index is 10.1. The molecule has 0 atom stereocenters. The van der Waals surface area contributed by atoms with Crippen LogP contribution >= 0.6 is 11.6 Å². The molecule has 68 valence electrons. The van der Waals surface area contributed by atoms with Crippen molar-refractivity contribution in [2.75, 3.05) is 0 Å². The Labute approximate surface area is 74.0 Å². The van der Waals surface area contributed by atoms with Crippen LogP contribution in [0.15, 0.2) is 24.3 Å². The maximum absolute atomic E-state index is 10.1. The quantitative estimate of drug-likeness (QED) is 0.539. The third-order valence-corrected chi connectivity index (χ3v) is 1.37. The molecule has 0 fully saturated rings. The van der Waals surface area contributed by atoms with Crippen molar-refractivity contribution < 1.29 is 10.4 Å². The molecular formula is C6H9ClN2O3. The van der Waals surface area contributed by atoms with Crippen LogP contribution in [-0.4, -0.2) is 10.4 Å². The molecule has 12 heavy (non-hydrogen) atoms. The van der Waals surface area contributed by atoms with E-state index in [0.717, 1.165) is 0 Å². The first-order chi connectivity index (χ1) is 4.72. The van der Waals surface area contributed by atoms with Crippen LogP contribution in [0.3, 0.4) is 0 Å². The summed E-state index contributed by atoms with van der Waals surface area (Å²) >= 11 is 5.48. The summed E-state index contributed by atoms with van der Waals surface area (Å²) in [5.41, 5.74) is -0.0517. The van der Waals surface area contributed by atoms with E-state index >= 15 is 0 Å². The minimum Gasteiger partial charge on any atom is -0.412 e. The summed E-state index contributed by atoms with van der Waals surface area (Å²) in [5.74, 6) is 0. The molecule has 5 nitrogen and oxygen atoms in total. The largest absolute Gasteiger partial charge is 0.412 e. The average molecular weight is 193 g/mol. The van der Waals surface area contributed by atoms with E-state index in [9.17, 15) is 10.1 Å². The summed E-state index contributed by atoms with van der Waals surface area (Å²) in [6, 6.07) is 6.07. The van der Waals surface area contributed by atoms with Gasteiger partial charge in [0.05, 0.1) is 4.92 Å². The van der Waals surface area contributed by atoms with Crippen LogP contribution < -0.4 is 6.15 Å². The van der Waals surface area contributed by atoms with Gasteiger partial charge in [-0.2, -0.15) is 0 Å². The molecule has 0 aromatic heterocycles. The Hall–Kier alpha value is -1.17. The summed E-state index contributed by atoms with van der Waals surface area (Å²) in [4.78, 5) is 9.63. The number of hydrogen-bond donors (Lipinski definition) is 1. The molecule has 1 rings (SSSR count). The minimum absolute atomic E-state index is 0. The molecule has 0 aliphatic carbocycles. The first-order valence-electron chi connectivity index (χ1n) is 2.61. The standard InChI is InChI=1S/C6H4ClNO2.H3N.H2O/c7-5-3-1-2-4-6(5)8(9)10;;/h1-4H;1H3;1H2. The van der Waals surface area contributed by atoms with Crippen LogP contribution in [0.25, 0.3) is 0 Å². The van der Waals surface area contributed by atoms with Crippen LogP contribution in [0, 0.1) is 10.1 Å². The van der Waals surface area contributed by atoms with E-state index in [1.807, 2.05) is 0 Å². The molecule has 1 aromatic rings. The normalized spacial score (nSPS) is 7.75. The van der Waals surface area contributed by atoms with Crippen molar-refractivity contribution in [3.8, 4) is 0 Å². The van der Waals surface area contributed by atoms with Gasteiger partial charge in [-0.05, 0) is 6.07 Å². The van der Waals surface area contributed by atoms with Gasteiger partial charge < -0.3 is 11.6 Å². The van der Waals surface area contributed by atoms with Crippen molar-refractivity contribution in [1.82, 2.24) is 6.15 Å². The molecular weight excluding hydrogens is 184 g/mol. The lowest BCUT2D eigenvalue weighted by Crippen LogP contribution is -1.87. The van der Waals surface area contributed by atoms with Gasteiger partial charge in [0.1, 0.15) is 5.02 Å². The van der Waals surface area contributed by atoms with Gasteiger partial charge in [-0.25, -0.2) is 0 Å². The lowest BCUT2D eigenvalue weighted by molar-refractivity contribution is -0.384. The lowest BCUT2D eigenvalue weighted by Gasteiger charge is -1.90. The summed E-state index contributed by atoms with van der Waals surface area (Å²) in [7, 11) is 0. The fraction of sp³-hybridized carbons (Fsp3) is 0. The molecule has 0 amide bonds. The third kappa shape index (κ3) is 2.83. The van der Waals surface area contributed by atoms with Crippen molar-refractivity contribution in [2.24, 2.45) is 0 Å². The Kier molecular flexibility index (Phi) is 6.13. The van der Waals surface area contributed by atoms with E-state index < -0.39 is 4.92 Å². The second kappa shape index (κ2) is 5.48. The van der Waals surface area contributed by atoms with Crippen molar-refractivity contribution in [3.63, 3.8) is 0 Å². The molecule has 0 spiro atoms. The van der Waals surface area contributed by atoms with Gasteiger partial charge in [0.2, 0.25) is 0 Å². The van der Waals surface area contributed by atoms with Crippen molar-refractivity contribution in [1.29, 1.82) is 0 Å². The lowest BCUT2D eigenvalue weighted by atomic mass is 10.3. The Bertz CT molecular complexity index is 267. The number of benzene rings is 1. The van der Waals surface area contributed by atoms with E-state index in [1.54, 1.807) is 12.1 Å². The highest BCUT2D eigenvalue weighted by Crippen LogP contribution is 2.21. The topological polar surface area (TPSA) is 110 Å². The number of para-hydroxylation sites is 1. The molecule has 1 aromatic carbocycles. The third-order valence-electron chi connectivity index (χ3n) is 1.05. The molecule has 0 saturated heterocycles. The Morgan fingerprint density at radius 2 is 1.83 bits per heavy atom. The number of rotatable bonds is 1. The summed E-state index contributed by atoms with van der Waals surface area (Å²) < 4.78 is 0. The monoisotopic (exact) mass is 192 g/mol. The highest BCUT2D eigenvalue weighted by Gasteiger charge is 2.08. The van der Waals surface area contributed by atoms with Gasteiger partial charge in [-0.15, -0.1) is 0 Å². The Balaban J connectivity index is 0. The number of halogens is 1. The zero-order valence-electron chi connectivity index (χ0n) is 6.16. The highest BCUT2D eigenvalue weighted by atomic mass is 35.5. The van der Waals surface area contributed by atoms with Gasteiger partial charge in [0.25, 0.3) is 5.69 Å². The predicted molar refractivity (Wildman–Crippen MR) is 46.7 cm³/mol. The van der Waals surface area contributed by atoms with Crippen LogP contribution in [0.4, 0.5) is 5.69 Å². The SMILES string of the molecule is N.O.O=[N+]([O-])c1ccccc1Cl. The zero-order valence-corrected chi connectivity index (χ0v) is 6.91. The fourth-order valence-electron chi connectivity index (χ4n) is 0.600. The van der Waals surface area contributed by atoms with E-state index in [2.05, 4.69) is 0 Å². The highest BCUT2D eigenvalue weighted by molar-refractivity contribution is 6.32. The number of hydrogen-bond acceptors (Lipinski definition) is 3. The second-order valence-corrected chi connectivity index (χ2v) is 2.12. The molecule has 0 bridgehead atoms. The zero-order chi connectivity index (χ0) is 7.56. The van der Waals surface area contributed by atoms with Crippen molar-refractivity contribution in [2.45, 2.75) is 0 Å². The van der Waals surface area contributed by atoms with Gasteiger partial charge in [-0.3, -0.25) is 10.1 Å². The summed E-state index contributed by atoms with van der Waals surface area (Å²) in [5, 5.41) is 10.3. The average Bonchev–Trinajstić information content (AvgIpc) is 1.88. The molecule has 6 heteroatoms. The number of nitro benzene ring substituents is 1. The first-order valence-corrected chi connectivity index (χ1v) is 2.98. The second-order valence-electron chi connectivity index (χ2n) is 1.71. The molecule has 0 heterocycles. The molecule has 0 aliphatic rings. The smallest absolute Gasteiger partial charge is 0.287 e. The fourth-order valence-corrected chi connectivity index (χ4v) is 0.805. The van der Waals surface area contributed by atoms with Crippen molar-refractivity contribution in [3.05, 3.63) is 39.4 Å². The predicted octanol–water partition coefficient (Wildman–Crippen LogP) is 1.59. The van der Waals surface area contributed by atoms with E-state index in [1.165, 1.54) is 12.1 Å². The van der Waals surface area contributed by atoms with E-state index in [4.69, 9.17) is 11.6 Å². The van der Waals surface area contributed by atoms with Crippen LogP contribution in [-0.2, 0) is 0 Å².